The van der Waals surface area contributed by atoms with E-state index in [1.807, 2.05) is 13.8 Å². The van der Waals surface area contributed by atoms with Crippen LogP contribution in [-0.4, -0.2) is 15.9 Å². The van der Waals surface area contributed by atoms with E-state index in [1.165, 1.54) is 12.1 Å². The highest BCUT2D eigenvalue weighted by atomic mass is 31.2. The molecule has 5 heteroatoms. The maximum absolute atomic E-state index is 10.9. The third-order valence-electron chi connectivity index (χ3n) is 1.53. The first kappa shape index (κ1) is 11.2. The number of rotatable bonds is 3. The number of hydrogen-bond donors (Lipinski definition) is 2. The van der Waals surface area contributed by atoms with Gasteiger partial charge in [0.2, 0.25) is 0 Å². The van der Waals surface area contributed by atoms with E-state index in [2.05, 4.69) is 0 Å². The molecule has 0 fully saturated rings. The predicted molar refractivity (Wildman–Crippen MR) is 53.9 cm³/mol. The minimum absolute atomic E-state index is 0.0120. The molecule has 0 bridgehead atoms. The summed E-state index contributed by atoms with van der Waals surface area (Å²) in [4.78, 5) is 17.8. The standard InChI is InChI=1S/C9H13O4P/c1-7(2)13-8-4-3-5-9(6-8)14(10,11)12/h3-7H,1-2H3,(H2,10,11,12). The molecule has 0 saturated carbocycles. The normalized spacial score (nSPS) is 11.8. The van der Waals surface area contributed by atoms with Gasteiger partial charge in [0.25, 0.3) is 0 Å². The molecule has 0 unspecified atom stereocenters. The topological polar surface area (TPSA) is 66.8 Å². The van der Waals surface area contributed by atoms with Crippen LogP contribution in [0, 0.1) is 0 Å². The third-order valence-corrected chi connectivity index (χ3v) is 2.48. The highest BCUT2D eigenvalue weighted by molar-refractivity contribution is 7.60. The molecule has 0 atom stereocenters. The van der Waals surface area contributed by atoms with Crippen molar-refractivity contribution in [1.29, 1.82) is 0 Å². The SMILES string of the molecule is CC(C)Oc1cccc(P(=O)(O)O)c1. The molecular weight excluding hydrogens is 203 g/mol. The molecule has 1 aromatic rings. The van der Waals surface area contributed by atoms with Crippen LogP contribution >= 0.6 is 7.60 Å². The van der Waals surface area contributed by atoms with Gasteiger partial charge in [-0.15, -0.1) is 0 Å². The van der Waals surface area contributed by atoms with Gasteiger partial charge in [0.1, 0.15) is 5.75 Å². The van der Waals surface area contributed by atoms with Crippen LogP contribution in [-0.2, 0) is 4.57 Å². The summed E-state index contributed by atoms with van der Waals surface area (Å²) >= 11 is 0. The Bertz CT molecular complexity index is 356. The molecule has 0 heterocycles. The second-order valence-electron chi connectivity index (χ2n) is 3.21. The molecule has 0 saturated heterocycles. The average molecular weight is 216 g/mol. The van der Waals surface area contributed by atoms with Gasteiger partial charge in [-0.2, -0.15) is 0 Å². The molecule has 0 amide bonds. The van der Waals surface area contributed by atoms with E-state index in [0.717, 1.165) is 0 Å². The van der Waals surface area contributed by atoms with Crippen LogP contribution in [0.2, 0.25) is 0 Å². The van der Waals surface area contributed by atoms with Crippen molar-refractivity contribution in [3.8, 4) is 5.75 Å². The molecule has 78 valence electrons. The summed E-state index contributed by atoms with van der Waals surface area (Å²) in [5.41, 5.74) is 0. The largest absolute Gasteiger partial charge is 0.491 e. The number of hydrogen-bond acceptors (Lipinski definition) is 2. The summed E-state index contributed by atoms with van der Waals surface area (Å²) in [5.74, 6) is 0.473. The summed E-state index contributed by atoms with van der Waals surface area (Å²) in [6.45, 7) is 3.70. The fourth-order valence-corrected chi connectivity index (χ4v) is 1.59. The zero-order valence-electron chi connectivity index (χ0n) is 8.04. The summed E-state index contributed by atoms with van der Waals surface area (Å²) in [7, 11) is -4.17. The van der Waals surface area contributed by atoms with E-state index < -0.39 is 7.60 Å². The Morgan fingerprint density at radius 2 is 2.00 bits per heavy atom. The molecule has 4 nitrogen and oxygen atoms in total. The average Bonchev–Trinajstić information content (AvgIpc) is 2.01. The molecule has 0 radical (unpaired) electrons. The van der Waals surface area contributed by atoms with E-state index in [0.29, 0.717) is 5.75 Å². The summed E-state index contributed by atoms with van der Waals surface area (Å²) in [6.07, 6.45) is -0.0120. The molecule has 0 spiro atoms. The van der Waals surface area contributed by atoms with Gasteiger partial charge in [-0.3, -0.25) is 4.57 Å². The van der Waals surface area contributed by atoms with Gasteiger partial charge in [-0.25, -0.2) is 0 Å². The lowest BCUT2D eigenvalue weighted by Gasteiger charge is -2.11. The van der Waals surface area contributed by atoms with Gasteiger partial charge in [0.05, 0.1) is 11.4 Å². The second-order valence-corrected chi connectivity index (χ2v) is 4.81. The van der Waals surface area contributed by atoms with Crippen molar-refractivity contribution in [3.63, 3.8) is 0 Å². The van der Waals surface area contributed by atoms with E-state index in [4.69, 9.17) is 14.5 Å². The van der Waals surface area contributed by atoms with Crippen LogP contribution < -0.4 is 10.0 Å². The van der Waals surface area contributed by atoms with Crippen molar-refractivity contribution in [3.05, 3.63) is 24.3 Å². The Kier molecular flexibility index (Phi) is 3.32. The van der Waals surface area contributed by atoms with E-state index >= 15 is 0 Å². The lowest BCUT2D eigenvalue weighted by Crippen LogP contribution is -2.09. The van der Waals surface area contributed by atoms with E-state index in [9.17, 15) is 4.57 Å². The molecule has 0 aliphatic carbocycles. The Balaban J connectivity index is 2.96. The third kappa shape index (κ3) is 3.14. The molecule has 0 aliphatic heterocycles. The van der Waals surface area contributed by atoms with Crippen LogP contribution in [0.5, 0.6) is 5.75 Å². The van der Waals surface area contributed by atoms with Crippen LogP contribution in [0.3, 0.4) is 0 Å². The van der Waals surface area contributed by atoms with Gasteiger partial charge in [-0.05, 0) is 32.0 Å². The molecule has 14 heavy (non-hydrogen) atoms. The zero-order valence-corrected chi connectivity index (χ0v) is 8.94. The van der Waals surface area contributed by atoms with Crippen molar-refractivity contribution in [2.45, 2.75) is 20.0 Å². The first-order chi connectivity index (χ1) is 6.39. The number of benzene rings is 1. The minimum Gasteiger partial charge on any atom is -0.491 e. The molecule has 2 N–H and O–H groups in total. The Hall–Kier alpha value is -0.830. The quantitative estimate of drug-likeness (QED) is 0.747. The maximum Gasteiger partial charge on any atom is 0.356 e. The fourth-order valence-electron chi connectivity index (χ4n) is 1.01. The number of ether oxygens (including phenoxy) is 1. The van der Waals surface area contributed by atoms with E-state index in [1.54, 1.807) is 12.1 Å². The smallest absolute Gasteiger partial charge is 0.356 e. The van der Waals surface area contributed by atoms with Gasteiger partial charge in [0.15, 0.2) is 0 Å². The van der Waals surface area contributed by atoms with Crippen molar-refractivity contribution in [2.24, 2.45) is 0 Å². The van der Waals surface area contributed by atoms with Gasteiger partial charge >= 0.3 is 7.60 Å². The summed E-state index contributed by atoms with van der Waals surface area (Å²) < 4.78 is 16.2. The highest BCUT2D eigenvalue weighted by Gasteiger charge is 2.17. The zero-order chi connectivity index (χ0) is 10.8. The summed E-state index contributed by atoms with van der Waals surface area (Å²) in [5, 5.41) is -0.0179. The lowest BCUT2D eigenvalue weighted by atomic mass is 10.3. The Morgan fingerprint density at radius 3 is 2.50 bits per heavy atom. The Morgan fingerprint density at radius 1 is 1.36 bits per heavy atom. The maximum atomic E-state index is 10.9. The summed E-state index contributed by atoms with van der Waals surface area (Å²) in [6, 6.07) is 5.97. The predicted octanol–water partition coefficient (Wildman–Crippen LogP) is 1.28. The van der Waals surface area contributed by atoms with Crippen molar-refractivity contribution in [2.75, 3.05) is 0 Å². The van der Waals surface area contributed by atoms with Crippen LogP contribution in [0.15, 0.2) is 24.3 Å². The van der Waals surface area contributed by atoms with E-state index in [-0.39, 0.29) is 11.4 Å². The lowest BCUT2D eigenvalue weighted by molar-refractivity contribution is 0.242. The molecule has 1 rings (SSSR count). The fraction of sp³-hybridized carbons (Fsp3) is 0.333. The molecule has 0 aromatic heterocycles. The molecule has 1 aromatic carbocycles. The van der Waals surface area contributed by atoms with Crippen molar-refractivity contribution >= 4 is 12.9 Å². The van der Waals surface area contributed by atoms with Crippen LogP contribution in [0.25, 0.3) is 0 Å². The van der Waals surface area contributed by atoms with Gasteiger partial charge < -0.3 is 14.5 Å². The van der Waals surface area contributed by atoms with Gasteiger partial charge in [0, 0.05) is 0 Å². The second kappa shape index (κ2) is 4.13. The van der Waals surface area contributed by atoms with Crippen LogP contribution in [0.1, 0.15) is 13.8 Å². The van der Waals surface area contributed by atoms with Crippen molar-refractivity contribution < 1.29 is 19.1 Å². The molecule has 0 aliphatic rings. The van der Waals surface area contributed by atoms with Crippen LogP contribution in [0.4, 0.5) is 0 Å². The Labute approximate surface area is 82.7 Å². The van der Waals surface area contributed by atoms with Crippen molar-refractivity contribution in [1.82, 2.24) is 0 Å². The highest BCUT2D eigenvalue weighted by Crippen LogP contribution is 2.34. The first-order valence-electron chi connectivity index (χ1n) is 4.22. The monoisotopic (exact) mass is 216 g/mol. The minimum atomic E-state index is -4.17. The molecular formula is C9H13O4P. The van der Waals surface area contributed by atoms with Gasteiger partial charge in [-0.1, -0.05) is 6.07 Å². The first-order valence-corrected chi connectivity index (χ1v) is 5.83.